The smallest absolute Gasteiger partial charge is 0.257 e. The molecule has 0 aliphatic rings. The van der Waals surface area contributed by atoms with Crippen LogP contribution in [0.15, 0.2) is 29.4 Å². The summed E-state index contributed by atoms with van der Waals surface area (Å²) in [6.45, 7) is 3.81. The van der Waals surface area contributed by atoms with Crippen LogP contribution in [0.4, 0.5) is 0 Å². The Morgan fingerprint density at radius 3 is 2.91 bits per heavy atom. The first kappa shape index (κ1) is 17.2. The molecular weight excluding hydrogens is 334 g/mol. The van der Waals surface area contributed by atoms with E-state index in [1.54, 1.807) is 43.0 Å². The van der Waals surface area contributed by atoms with Gasteiger partial charge in [-0.1, -0.05) is 24.8 Å². The van der Waals surface area contributed by atoms with Gasteiger partial charge in [0.2, 0.25) is 5.16 Å². The minimum absolute atomic E-state index is 0.165. The van der Waals surface area contributed by atoms with Gasteiger partial charge in [0.25, 0.3) is 5.91 Å². The number of nitrogens with one attached hydrogen (secondary N) is 2. The molecular formula is C14H17N5O2S2. The third-order valence-corrected chi connectivity index (χ3v) is 3.85. The molecule has 0 radical (unpaired) electrons. The molecule has 1 aromatic heterocycles. The van der Waals surface area contributed by atoms with E-state index in [0.29, 0.717) is 22.3 Å². The fraction of sp³-hybridized carbons (Fsp3) is 0.286. The van der Waals surface area contributed by atoms with E-state index in [2.05, 4.69) is 20.9 Å². The molecule has 0 aliphatic heterocycles. The number of nitrogens with zero attached hydrogens (tertiary/aromatic N) is 3. The zero-order valence-electron chi connectivity index (χ0n) is 13.0. The van der Waals surface area contributed by atoms with E-state index in [0.717, 1.165) is 5.75 Å². The van der Waals surface area contributed by atoms with Crippen molar-refractivity contribution in [2.45, 2.75) is 19.0 Å². The number of carbonyl (C=O) groups excluding carboxylic acids is 1. The molecule has 0 atom stereocenters. The predicted molar refractivity (Wildman–Crippen MR) is 93.6 cm³/mol. The van der Waals surface area contributed by atoms with Crippen LogP contribution < -0.4 is 15.5 Å². The highest BCUT2D eigenvalue weighted by atomic mass is 32.2. The van der Waals surface area contributed by atoms with Gasteiger partial charge in [0.15, 0.2) is 5.11 Å². The second kappa shape index (κ2) is 7.93. The van der Waals surface area contributed by atoms with E-state index in [9.17, 15) is 4.79 Å². The van der Waals surface area contributed by atoms with Crippen molar-refractivity contribution in [1.82, 2.24) is 20.2 Å². The van der Waals surface area contributed by atoms with Gasteiger partial charge in [0.05, 0.1) is 7.11 Å². The molecule has 0 unspecified atom stereocenters. The molecule has 1 heterocycles. The first-order valence-corrected chi connectivity index (χ1v) is 8.25. The van der Waals surface area contributed by atoms with Crippen LogP contribution >= 0.6 is 24.0 Å². The van der Waals surface area contributed by atoms with Gasteiger partial charge >= 0.3 is 0 Å². The van der Waals surface area contributed by atoms with Crippen molar-refractivity contribution >= 4 is 35.0 Å². The Kier molecular flexibility index (Phi) is 5.94. The molecule has 0 saturated carbocycles. The summed E-state index contributed by atoms with van der Waals surface area (Å²) in [4.78, 5) is 12.2. The van der Waals surface area contributed by atoms with Crippen LogP contribution in [0.2, 0.25) is 0 Å². The largest absolute Gasteiger partial charge is 0.497 e. The number of rotatable bonds is 5. The predicted octanol–water partition coefficient (Wildman–Crippen LogP) is 1.97. The lowest BCUT2D eigenvalue weighted by Crippen LogP contribution is -2.38. The lowest BCUT2D eigenvalue weighted by molar-refractivity contribution is 0.0977. The third kappa shape index (κ3) is 4.42. The molecule has 2 rings (SSSR count). The van der Waals surface area contributed by atoms with E-state index in [4.69, 9.17) is 17.0 Å². The number of amides is 1. The molecule has 0 spiro atoms. The first-order valence-electron chi connectivity index (χ1n) is 6.86. The summed E-state index contributed by atoms with van der Waals surface area (Å²) >= 11 is 6.71. The molecule has 2 aromatic rings. The van der Waals surface area contributed by atoms with Gasteiger partial charge in [-0.2, -0.15) is 0 Å². The summed E-state index contributed by atoms with van der Waals surface area (Å²) in [5.74, 6) is 1.78. The summed E-state index contributed by atoms with van der Waals surface area (Å²) in [5.41, 5.74) is 3.37. The molecule has 2 N–H and O–H groups in total. The molecule has 9 heteroatoms. The van der Waals surface area contributed by atoms with Crippen molar-refractivity contribution in [3.8, 4) is 5.75 Å². The fourth-order valence-electron chi connectivity index (χ4n) is 1.76. The molecule has 1 aromatic carbocycles. The molecule has 122 valence electrons. The Morgan fingerprint density at radius 1 is 1.43 bits per heavy atom. The van der Waals surface area contributed by atoms with Crippen molar-refractivity contribution in [1.29, 1.82) is 0 Å². The summed E-state index contributed by atoms with van der Waals surface area (Å²) < 4.78 is 6.74. The normalized spacial score (nSPS) is 10.2. The van der Waals surface area contributed by atoms with E-state index >= 15 is 0 Å². The first-order chi connectivity index (χ1) is 11.0. The van der Waals surface area contributed by atoms with Crippen molar-refractivity contribution in [3.63, 3.8) is 0 Å². The Hall–Kier alpha value is -2.13. The van der Waals surface area contributed by atoms with E-state index in [-0.39, 0.29) is 11.0 Å². The lowest BCUT2D eigenvalue weighted by atomic mass is 10.2. The van der Waals surface area contributed by atoms with Crippen LogP contribution in [0.25, 0.3) is 0 Å². The number of methoxy groups -OCH3 is 1. The minimum atomic E-state index is -0.322. The summed E-state index contributed by atoms with van der Waals surface area (Å²) in [6.07, 6.45) is 0. The highest BCUT2D eigenvalue weighted by Crippen LogP contribution is 2.15. The van der Waals surface area contributed by atoms with Gasteiger partial charge in [0, 0.05) is 5.56 Å². The van der Waals surface area contributed by atoms with Crippen LogP contribution in [0.1, 0.15) is 23.1 Å². The second-order valence-corrected chi connectivity index (χ2v) is 6.06. The highest BCUT2D eigenvalue weighted by molar-refractivity contribution is 7.99. The zero-order valence-corrected chi connectivity index (χ0v) is 14.6. The SMILES string of the molecule is CCSc1nnc(C)n1NC(=S)NC(=O)c1cccc(OC)c1. The van der Waals surface area contributed by atoms with Gasteiger partial charge in [0.1, 0.15) is 11.6 Å². The number of ether oxygens (including phenoxy) is 1. The molecule has 1 amide bonds. The van der Waals surface area contributed by atoms with Crippen LogP contribution in [-0.2, 0) is 0 Å². The molecule has 7 nitrogen and oxygen atoms in total. The number of aryl methyl sites for hydroxylation is 1. The van der Waals surface area contributed by atoms with Crippen molar-refractivity contribution in [2.24, 2.45) is 0 Å². The number of benzene rings is 1. The molecule has 23 heavy (non-hydrogen) atoms. The second-order valence-electron chi connectivity index (χ2n) is 4.43. The molecule has 0 fully saturated rings. The topological polar surface area (TPSA) is 81.1 Å². The third-order valence-electron chi connectivity index (χ3n) is 2.84. The Balaban J connectivity index is 2.04. The average Bonchev–Trinajstić information content (AvgIpc) is 2.88. The summed E-state index contributed by atoms with van der Waals surface area (Å²) in [5, 5.41) is 11.5. The monoisotopic (exact) mass is 351 g/mol. The Bertz CT molecular complexity index is 717. The number of thiocarbonyl (C=S) groups is 1. The fourth-order valence-corrected chi connectivity index (χ4v) is 2.61. The molecule has 0 aliphatic carbocycles. The average molecular weight is 351 g/mol. The highest BCUT2D eigenvalue weighted by Gasteiger charge is 2.13. The van der Waals surface area contributed by atoms with Crippen molar-refractivity contribution in [2.75, 3.05) is 18.3 Å². The standard InChI is InChI=1S/C14H17N5O2S2/c1-4-23-14-17-16-9(2)19(14)18-13(22)15-12(20)10-6-5-7-11(8-10)21-3/h5-8H,4H2,1-3H3,(H2,15,18,20,22). The van der Waals surface area contributed by atoms with Gasteiger partial charge in [-0.25, -0.2) is 4.68 Å². The number of carbonyl (C=O) groups is 1. The van der Waals surface area contributed by atoms with Crippen molar-refractivity contribution in [3.05, 3.63) is 35.7 Å². The number of hydrogen-bond donors (Lipinski definition) is 2. The van der Waals surface area contributed by atoms with E-state index < -0.39 is 0 Å². The number of thioether (sulfide) groups is 1. The maximum atomic E-state index is 12.2. The van der Waals surface area contributed by atoms with Gasteiger partial charge in [-0.05, 0) is 43.1 Å². The van der Waals surface area contributed by atoms with Gasteiger partial charge in [-0.3, -0.25) is 15.5 Å². The number of aromatic nitrogens is 3. The molecule has 0 bridgehead atoms. The Morgan fingerprint density at radius 2 is 2.22 bits per heavy atom. The van der Waals surface area contributed by atoms with E-state index in [1.807, 2.05) is 6.92 Å². The quantitative estimate of drug-likeness (QED) is 0.629. The number of hydrogen-bond acceptors (Lipinski definition) is 6. The van der Waals surface area contributed by atoms with Crippen molar-refractivity contribution < 1.29 is 9.53 Å². The van der Waals surface area contributed by atoms with Crippen LogP contribution in [0, 0.1) is 6.92 Å². The molecule has 0 saturated heterocycles. The Labute approximate surface area is 143 Å². The van der Waals surface area contributed by atoms with Crippen LogP contribution in [-0.4, -0.2) is 38.8 Å². The maximum absolute atomic E-state index is 12.2. The van der Waals surface area contributed by atoms with E-state index in [1.165, 1.54) is 11.8 Å². The maximum Gasteiger partial charge on any atom is 0.257 e. The van der Waals surface area contributed by atoms with Crippen LogP contribution in [0.5, 0.6) is 5.75 Å². The lowest BCUT2D eigenvalue weighted by Gasteiger charge is -2.13. The van der Waals surface area contributed by atoms with Gasteiger partial charge in [-0.15, -0.1) is 10.2 Å². The van der Waals surface area contributed by atoms with Gasteiger partial charge < -0.3 is 4.74 Å². The summed E-state index contributed by atoms with van der Waals surface area (Å²) in [6, 6.07) is 6.83. The minimum Gasteiger partial charge on any atom is -0.497 e. The van der Waals surface area contributed by atoms with Crippen LogP contribution in [0.3, 0.4) is 0 Å². The summed E-state index contributed by atoms with van der Waals surface area (Å²) in [7, 11) is 1.55. The zero-order chi connectivity index (χ0) is 16.8.